The molecule has 1 aliphatic heterocycles. The third kappa shape index (κ3) is 3.60. The number of nitrogens with zero attached hydrogens (tertiary/aromatic N) is 1. The molecule has 0 aromatic heterocycles. The number of allylic oxidation sites excluding steroid dienone is 1. The van der Waals surface area contributed by atoms with Crippen LogP contribution >= 0.6 is 0 Å². The first-order valence-corrected chi connectivity index (χ1v) is 8.14. The molecule has 2 aliphatic rings. The number of carbonyl (C=O) groups excluding carboxylic acids is 3. The lowest BCUT2D eigenvalue weighted by atomic mass is 9.95. The van der Waals surface area contributed by atoms with Crippen LogP contribution in [0.15, 0.2) is 35.5 Å². The molecule has 7 nitrogen and oxygen atoms in total. The van der Waals surface area contributed by atoms with Crippen molar-refractivity contribution in [2.75, 3.05) is 11.9 Å². The Hall–Kier alpha value is -2.96. The van der Waals surface area contributed by atoms with Crippen molar-refractivity contribution in [3.63, 3.8) is 0 Å². The molecule has 2 N–H and O–H groups in total. The first-order valence-electron chi connectivity index (χ1n) is 8.14. The third-order valence-corrected chi connectivity index (χ3v) is 4.44. The predicted octanol–water partition coefficient (Wildman–Crippen LogP) is 1.95. The SMILES string of the molecule is O=C(CCN1C(=O)CC2=C1CCCC2=O)Nc1ccc(C(=O)O)cc1. The van der Waals surface area contributed by atoms with Crippen LogP contribution in [0.4, 0.5) is 5.69 Å². The van der Waals surface area contributed by atoms with Crippen LogP contribution in [-0.2, 0) is 14.4 Å². The number of benzene rings is 1. The van der Waals surface area contributed by atoms with Crippen LogP contribution in [0.5, 0.6) is 0 Å². The first kappa shape index (κ1) is 16.9. The van der Waals surface area contributed by atoms with Gasteiger partial charge in [0.25, 0.3) is 0 Å². The van der Waals surface area contributed by atoms with Crippen molar-refractivity contribution >= 4 is 29.3 Å². The molecule has 3 rings (SSSR count). The van der Waals surface area contributed by atoms with E-state index < -0.39 is 5.97 Å². The van der Waals surface area contributed by atoms with Gasteiger partial charge in [-0.15, -0.1) is 0 Å². The normalized spacial score (nSPS) is 16.9. The van der Waals surface area contributed by atoms with Crippen molar-refractivity contribution in [1.29, 1.82) is 0 Å². The highest BCUT2D eigenvalue weighted by molar-refractivity contribution is 6.05. The summed E-state index contributed by atoms with van der Waals surface area (Å²) in [5.74, 6) is -1.39. The lowest BCUT2D eigenvalue weighted by Crippen LogP contribution is -2.29. The number of aromatic carboxylic acids is 1. The highest BCUT2D eigenvalue weighted by Gasteiger charge is 2.35. The molecule has 0 saturated carbocycles. The van der Waals surface area contributed by atoms with E-state index in [1.165, 1.54) is 24.3 Å². The van der Waals surface area contributed by atoms with E-state index in [9.17, 15) is 19.2 Å². The summed E-state index contributed by atoms with van der Waals surface area (Å²) >= 11 is 0. The highest BCUT2D eigenvalue weighted by Crippen LogP contribution is 2.33. The van der Waals surface area contributed by atoms with Crippen molar-refractivity contribution in [3.8, 4) is 0 Å². The van der Waals surface area contributed by atoms with Crippen molar-refractivity contribution in [2.24, 2.45) is 0 Å². The zero-order chi connectivity index (χ0) is 18.0. The average molecular weight is 342 g/mol. The number of hydrogen-bond acceptors (Lipinski definition) is 4. The van der Waals surface area contributed by atoms with E-state index in [1.807, 2.05) is 0 Å². The molecule has 0 radical (unpaired) electrons. The van der Waals surface area contributed by atoms with Crippen molar-refractivity contribution in [1.82, 2.24) is 4.90 Å². The number of carbonyl (C=O) groups is 4. The molecule has 1 aromatic carbocycles. The Morgan fingerprint density at radius 3 is 2.52 bits per heavy atom. The molecule has 0 bridgehead atoms. The van der Waals surface area contributed by atoms with Crippen LogP contribution in [0.25, 0.3) is 0 Å². The molecular weight excluding hydrogens is 324 g/mol. The van der Waals surface area contributed by atoms with Gasteiger partial charge in [-0.25, -0.2) is 4.79 Å². The summed E-state index contributed by atoms with van der Waals surface area (Å²) in [4.78, 5) is 48.4. The fourth-order valence-corrected chi connectivity index (χ4v) is 3.17. The Morgan fingerprint density at radius 2 is 1.84 bits per heavy atom. The highest BCUT2D eigenvalue weighted by atomic mass is 16.4. The van der Waals surface area contributed by atoms with Gasteiger partial charge < -0.3 is 15.3 Å². The number of ketones is 1. The summed E-state index contributed by atoms with van der Waals surface area (Å²) in [5.41, 5.74) is 2.03. The lowest BCUT2D eigenvalue weighted by Gasteiger charge is -2.22. The minimum absolute atomic E-state index is 0.0417. The first-order chi connectivity index (χ1) is 12.0. The standard InChI is InChI=1S/C18H18N2O5/c21-15-3-1-2-14-13(15)10-17(23)20(14)9-8-16(22)19-12-6-4-11(5-7-12)18(24)25/h4-7H,1-3,8-10H2,(H,19,22)(H,24,25). The molecule has 2 amide bonds. The maximum atomic E-state index is 12.1. The van der Waals surface area contributed by atoms with E-state index in [1.54, 1.807) is 4.90 Å². The molecule has 7 heteroatoms. The van der Waals surface area contributed by atoms with Crippen LogP contribution in [0.3, 0.4) is 0 Å². The Labute approximate surface area is 144 Å². The molecule has 1 aliphatic carbocycles. The second-order valence-electron chi connectivity index (χ2n) is 6.10. The summed E-state index contributed by atoms with van der Waals surface area (Å²) in [7, 11) is 0. The fourth-order valence-electron chi connectivity index (χ4n) is 3.17. The topological polar surface area (TPSA) is 104 Å². The van der Waals surface area contributed by atoms with E-state index in [0.29, 0.717) is 24.1 Å². The molecule has 1 heterocycles. The predicted molar refractivity (Wildman–Crippen MR) is 88.9 cm³/mol. The lowest BCUT2D eigenvalue weighted by molar-refractivity contribution is -0.128. The number of hydrogen-bond donors (Lipinski definition) is 2. The summed E-state index contributed by atoms with van der Waals surface area (Å²) in [6, 6.07) is 5.85. The van der Waals surface area contributed by atoms with Crippen LogP contribution in [0.2, 0.25) is 0 Å². The van der Waals surface area contributed by atoms with Gasteiger partial charge in [-0.3, -0.25) is 14.4 Å². The number of nitrogens with one attached hydrogen (secondary N) is 1. The van der Waals surface area contributed by atoms with Crippen LogP contribution in [0, 0.1) is 0 Å². The molecule has 0 spiro atoms. The third-order valence-electron chi connectivity index (χ3n) is 4.44. The Morgan fingerprint density at radius 1 is 1.12 bits per heavy atom. The van der Waals surface area contributed by atoms with Gasteiger partial charge in [0.05, 0.1) is 12.0 Å². The van der Waals surface area contributed by atoms with E-state index in [0.717, 1.165) is 12.1 Å². The van der Waals surface area contributed by atoms with Crippen LogP contribution < -0.4 is 5.32 Å². The average Bonchev–Trinajstić information content (AvgIpc) is 2.90. The van der Waals surface area contributed by atoms with Gasteiger partial charge in [0.15, 0.2) is 5.78 Å². The van der Waals surface area contributed by atoms with Gasteiger partial charge >= 0.3 is 5.97 Å². The van der Waals surface area contributed by atoms with Gasteiger partial charge in [0.1, 0.15) is 0 Å². The molecule has 25 heavy (non-hydrogen) atoms. The number of Topliss-reactive ketones (excluding diaryl/α,β-unsaturated/α-hetero) is 1. The number of amides is 2. The number of carboxylic acids is 1. The minimum atomic E-state index is -1.03. The quantitative estimate of drug-likeness (QED) is 0.851. The minimum Gasteiger partial charge on any atom is -0.478 e. The molecule has 1 aromatic rings. The number of carboxylic acid groups (broad SMARTS) is 1. The maximum absolute atomic E-state index is 12.1. The van der Waals surface area contributed by atoms with E-state index in [2.05, 4.69) is 5.32 Å². The summed E-state index contributed by atoms with van der Waals surface area (Å²) in [6.07, 6.45) is 2.19. The number of anilines is 1. The Kier molecular flexibility index (Phi) is 4.65. The van der Waals surface area contributed by atoms with Crippen molar-refractivity contribution in [2.45, 2.75) is 32.1 Å². The largest absolute Gasteiger partial charge is 0.478 e. The smallest absolute Gasteiger partial charge is 0.335 e. The van der Waals surface area contributed by atoms with Gasteiger partial charge in [-0.1, -0.05) is 0 Å². The Balaban J connectivity index is 1.58. The second-order valence-corrected chi connectivity index (χ2v) is 6.10. The van der Waals surface area contributed by atoms with Gasteiger partial charge in [0, 0.05) is 36.3 Å². The van der Waals surface area contributed by atoms with E-state index in [4.69, 9.17) is 5.11 Å². The molecule has 0 fully saturated rings. The van der Waals surface area contributed by atoms with Crippen LogP contribution in [-0.4, -0.2) is 40.1 Å². The van der Waals surface area contributed by atoms with E-state index in [-0.39, 0.29) is 42.5 Å². The van der Waals surface area contributed by atoms with Crippen molar-refractivity contribution < 1.29 is 24.3 Å². The zero-order valence-electron chi connectivity index (χ0n) is 13.6. The van der Waals surface area contributed by atoms with E-state index >= 15 is 0 Å². The van der Waals surface area contributed by atoms with Gasteiger partial charge in [-0.05, 0) is 37.1 Å². The van der Waals surface area contributed by atoms with Crippen molar-refractivity contribution in [3.05, 3.63) is 41.1 Å². The van der Waals surface area contributed by atoms with Crippen LogP contribution in [0.1, 0.15) is 42.5 Å². The van der Waals surface area contributed by atoms with Gasteiger partial charge in [0.2, 0.25) is 11.8 Å². The molecular formula is C18H18N2O5. The van der Waals surface area contributed by atoms with Gasteiger partial charge in [-0.2, -0.15) is 0 Å². The number of rotatable bonds is 5. The molecule has 0 unspecified atom stereocenters. The maximum Gasteiger partial charge on any atom is 0.335 e. The molecule has 0 atom stereocenters. The fraction of sp³-hybridized carbons (Fsp3) is 0.333. The zero-order valence-corrected chi connectivity index (χ0v) is 13.6. The summed E-state index contributed by atoms with van der Waals surface area (Å²) in [5, 5.41) is 11.5. The monoisotopic (exact) mass is 342 g/mol. The summed E-state index contributed by atoms with van der Waals surface area (Å²) in [6.45, 7) is 0.240. The molecule has 130 valence electrons. The Bertz CT molecular complexity index is 779. The summed E-state index contributed by atoms with van der Waals surface area (Å²) < 4.78 is 0. The molecule has 0 saturated heterocycles. The second kappa shape index (κ2) is 6.88.